The van der Waals surface area contributed by atoms with E-state index < -0.39 is 0 Å². The fourth-order valence-electron chi connectivity index (χ4n) is 2.32. The van der Waals surface area contributed by atoms with Crippen LogP contribution in [0.4, 0.5) is 0 Å². The van der Waals surface area contributed by atoms with Crippen LogP contribution < -0.4 is 0 Å². The largest absolute Gasteiger partial charge is 0.402 e. The third kappa shape index (κ3) is 2.67. The molecule has 4 heteroatoms. The predicted molar refractivity (Wildman–Crippen MR) is 72.6 cm³/mol. The molecule has 0 N–H and O–H groups in total. The smallest absolute Gasteiger partial charge is 0.365 e. The van der Waals surface area contributed by atoms with Crippen LogP contribution in [0.15, 0.2) is 47.2 Å². The van der Waals surface area contributed by atoms with E-state index in [0.717, 1.165) is 18.7 Å². The Morgan fingerprint density at radius 1 is 1.11 bits per heavy atom. The molecule has 98 valence electrons. The number of carbonyl (C=O) groups excluding carboxylic acids is 1. The van der Waals surface area contributed by atoms with Crippen molar-refractivity contribution in [2.75, 3.05) is 13.1 Å². The Balaban J connectivity index is 1.81. The van der Waals surface area contributed by atoms with Gasteiger partial charge in [-0.2, -0.15) is 0 Å². The lowest BCUT2D eigenvalue weighted by molar-refractivity contribution is -0.130. The summed E-state index contributed by atoms with van der Waals surface area (Å²) in [6.07, 6.45) is 5.45. The molecule has 0 unspecified atom stereocenters. The summed E-state index contributed by atoms with van der Waals surface area (Å²) < 4.78 is 5.22. The van der Waals surface area contributed by atoms with Gasteiger partial charge >= 0.3 is 5.97 Å². The maximum Gasteiger partial charge on any atom is 0.365 e. The highest BCUT2D eigenvalue weighted by atomic mass is 16.6. The van der Waals surface area contributed by atoms with E-state index in [1.807, 2.05) is 36.5 Å². The summed E-state index contributed by atoms with van der Waals surface area (Å²) in [7, 11) is 0. The molecule has 1 aromatic rings. The average molecular weight is 256 g/mol. The van der Waals surface area contributed by atoms with E-state index in [2.05, 4.69) is 9.89 Å². The van der Waals surface area contributed by atoms with Crippen molar-refractivity contribution < 1.29 is 9.53 Å². The first-order valence-electron chi connectivity index (χ1n) is 6.65. The van der Waals surface area contributed by atoms with E-state index in [1.54, 1.807) is 0 Å². The monoisotopic (exact) mass is 256 g/mol. The summed E-state index contributed by atoms with van der Waals surface area (Å²) in [4.78, 5) is 18.2. The molecule has 0 aromatic heterocycles. The minimum atomic E-state index is -0.357. The number of likely N-dealkylation sites (tertiary alicyclic amines) is 1. The second kappa shape index (κ2) is 5.26. The van der Waals surface area contributed by atoms with Gasteiger partial charge in [-0.3, -0.25) is 0 Å². The van der Waals surface area contributed by atoms with E-state index in [0.29, 0.717) is 11.6 Å². The first-order valence-corrected chi connectivity index (χ1v) is 6.65. The van der Waals surface area contributed by atoms with Crippen molar-refractivity contribution in [2.45, 2.75) is 19.3 Å². The lowest BCUT2D eigenvalue weighted by atomic mass is 10.1. The van der Waals surface area contributed by atoms with Gasteiger partial charge in [0.15, 0.2) is 5.70 Å². The van der Waals surface area contributed by atoms with Gasteiger partial charge in [-0.1, -0.05) is 18.2 Å². The second-order valence-corrected chi connectivity index (χ2v) is 4.78. The molecule has 0 bridgehead atoms. The summed E-state index contributed by atoms with van der Waals surface area (Å²) in [6, 6.07) is 9.49. The molecule has 19 heavy (non-hydrogen) atoms. The number of cyclic esters (lactones) is 1. The van der Waals surface area contributed by atoms with Crippen LogP contribution in [0.3, 0.4) is 0 Å². The van der Waals surface area contributed by atoms with Crippen LogP contribution in [0.5, 0.6) is 0 Å². The minimum absolute atomic E-state index is 0.357. The number of ether oxygens (including phenoxy) is 1. The molecule has 2 heterocycles. The quantitative estimate of drug-likeness (QED) is 0.602. The highest BCUT2D eigenvalue weighted by Crippen LogP contribution is 2.18. The van der Waals surface area contributed by atoms with Crippen LogP contribution in [0.2, 0.25) is 0 Å². The predicted octanol–water partition coefficient (Wildman–Crippen LogP) is 2.32. The fraction of sp³-hybridized carbons (Fsp3) is 0.333. The summed E-state index contributed by atoms with van der Waals surface area (Å²) in [5.41, 5.74) is 1.23. The molecule has 2 aliphatic rings. The Morgan fingerprint density at radius 2 is 1.84 bits per heavy atom. The highest BCUT2D eigenvalue weighted by molar-refractivity contribution is 6.11. The van der Waals surface area contributed by atoms with Gasteiger partial charge in [0.25, 0.3) is 0 Å². The Hall–Kier alpha value is -2.10. The number of piperidine rings is 1. The molecule has 1 saturated heterocycles. The topological polar surface area (TPSA) is 41.9 Å². The Bertz CT molecular complexity index is 528. The zero-order valence-corrected chi connectivity index (χ0v) is 10.7. The molecule has 0 saturated carbocycles. The summed E-state index contributed by atoms with van der Waals surface area (Å²) in [6.45, 7) is 1.99. The SMILES string of the molecule is O=C1OC(c2ccccc2)=NC1=CN1CCCCC1. The number of esters is 1. The Morgan fingerprint density at radius 3 is 2.58 bits per heavy atom. The van der Waals surface area contributed by atoms with E-state index in [9.17, 15) is 4.79 Å². The molecule has 4 nitrogen and oxygen atoms in total. The molecular formula is C15H16N2O2. The molecule has 2 aliphatic heterocycles. The normalized spacial score (nSPS) is 21.5. The van der Waals surface area contributed by atoms with Crippen LogP contribution in [0.1, 0.15) is 24.8 Å². The number of hydrogen-bond acceptors (Lipinski definition) is 4. The van der Waals surface area contributed by atoms with Gasteiger partial charge in [0.05, 0.1) is 0 Å². The average Bonchev–Trinajstić information content (AvgIpc) is 2.82. The van der Waals surface area contributed by atoms with Crippen molar-refractivity contribution in [3.8, 4) is 0 Å². The molecule has 3 rings (SSSR count). The van der Waals surface area contributed by atoms with Gasteiger partial charge in [-0.05, 0) is 31.4 Å². The van der Waals surface area contributed by atoms with Crippen LogP contribution in [-0.4, -0.2) is 29.9 Å². The van der Waals surface area contributed by atoms with Gasteiger partial charge in [0, 0.05) is 24.9 Å². The maximum atomic E-state index is 11.8. The van der Waals surface area contributed by atoms with Crippen LogP contribution in [0.25, 0.3) is 0 Å². The summed E-state index contributed by atoms with van der Waals surface area (Å²) in [5.74, 6) is 0.0401. The minimum Gasteiger partial charge on any atom is -0.402 e. The molecule has 0 radical (unpaired) electrons. The number of rotatable bonds is 2. The first kappa shape index (κ1) is 12.0. The molecule has 0 amide bonds. The molecular weight excluding hydrogens is 240 g/mol. The number of benzene rings is 1. The Labute approximate surface area is 112 Å². The molecule has 0 spiro atoms. The van der Waals surface area contributed by atoms with E-state index >= 15 is 0 Å². The number of carbonyl (C=O) groups is 1. The van der Waals surface area contributed by atoms with Gasteiger partial charge in [0.2, 0.25) is 5.90 Å². The third-order valence-electron chi connectivity index (χ3n) is 3.34. The zero-order chi connectivity index (χ0) is 13.1. The molecule has 1 aromatic carbocycles. The highest BCUT2D eigenvalue weighted by Gasteiger charge is 2.25. The second-order valence-electron chi connectivity index (χ2n) is 4.78. The summed E-state index contributed by atoms with van der Waals surface area (Å²) >= 11 is 0. The van der Waals surface area contributed by atoms with Crippen molar-refractivity contribution >= 4 is 11.9 Å². The summed E-state index contributed by atoms with van der Waals surface area (Å²) in [5, 5.41) is 0. The number of nitrogens with zero attached hydrogens (tertiary/aromatic N) is 2. The van der Waals surface area contributed by atoms with Crippen molar-refractivity contribution in [2.24, 2.45) is 4.99 Å². The van der Waals surface area contributed by atoms with Gasteiger partial charge < -0.3 is 9.64 Å². The molecule has 0 atom stereocenters. The van der Waals surface area contributed by atoms with Crippen molar-refractivity contribution in [3.63, 3.8) is 0 Å². The van der Waals surface area contributed by atoms with Gasteiger partial charge in [-0.25, -0.2) is 9.79 Å². The van der Waals surface area contributed by atoms with Crippen LogP contribution >= 0.6 is 0 Å². The van der Waals surface area contributed by atoms with E-state index in [-0.39, 0.29) is 5.97 Å². The lowest BCUT2D eigenvalue weighted by Crippen LogP contribution is -2.25. The molecule has 0 aliphatic carbocycles. The van der Waals surface area contributed by atoms with E-state index in [4.69, 9.17) is 4.74 Å². The van der Waals surface area contributed by atoms with Gasteiger partial charge in [-0.15, -0.1) is 0 Å². The van der Waals surface area contributed by atoms with Crippen molar-refractivity contribution in [1.82, 2.24) is 4.90 Å². The van der Waals surface area contributed by atoms with Crippen LogP contribution in [-0.2, 0) is 9.53 Å². The molecule has 1 fully saturated rings. The number of hydrogen-bond donors (Lipinski definition) is 0. The van der Waals surface area contributed by atoms with Crippen LogP contribution in [0, 0.1) is 0 Å². The van der Waals surface area contributed by atoms with Crippen molar-refractivity contribution in [1.29, 1.82) is 0 Å². The third-order valence-corrected chi connectivity index (χ3v) is 3.34. The first-order chi connectivity index (χ1) is 9.33. The lowest BCUT2D eigenvalue weighted by Gasteiger charge is -2.24. The standard InChI is InChI=1S/C15H16N2O2/c18-15-13(11-17-9-5-2-6-10-17)16-14(19-15)12-7-3-1-4-8-12/h1,3-4,7-8,11H,2,5-6,9-10H2. The van der Waals surface area contributed by atoms with Crippen molar-refractivity contribution in [3.05, 3.63) is 47.8 Å². The number of aliphatic imine (C=N–C) groups is 1. The Kier molecular flexibility index (Phi) is 3.31. The maximum absolute atomic E-state index is 11.8. The van der Waals surface area contributed by atoms with E-state index in [1.165, 1.54) is 19.3 Å². The zero-order valence-electron chi connectivity index (χ0n) is 10.7. The van der Waals surface area contributed by atoms with Gasteiger partial charge in [0.1, 0.15) is 0 Å². The fourth-order valence-corrected chi connectivity index (χ4v) is 2.32.